The van der Waals surface area contributed by atoms with Gasteiger partial charge in [-0.15, -0.1) is 0 Å². The van der Waals surface area contributed by atoms with Crippen LogP contribution in [0.5, 0.6) is 0 Å². The number of hydrogen-bond acceptors (Lipinski definition) is 5. The first-order valence-electron chi connectivity index (χ1n) is 10.4. The van der Waals surface area contributed by atoms with Crippen LogP contribution in [0.3, 0.4) is 0 Å². The highest BCUT2D eigenvalue weighted by Gasteiger charge is 2.23. The Kier molecular flexibility index (Phi) is 6.47. The summed E-state index contributed by atoms with van der Waals surface area (Å²) in [5.41, 5.74) is 2.68. The fourth-order valence-electron chi connectivity index (χ4n) is 3.83. The van der Waals surface area contributed by atoms with Crippen molar-refractivity contribution in [2.75, 3.05) is 13.1 Å². The molecule has 1 saturated heterocycles. The zero-order valence-corrected chi connectivity index (χ0v) is 18.0. The lowest BCUT2D eigenvalue weighted by Gasteiger charge is -2.31. The largest absolute Gasteiger partial charge is 0.343 e. The van der Waals surface area contributed by atoms with Crippen molar-refractivity contribution in [1.82, 2.24) is 19.9 Å². The van der Waals surface area contributed by atoms with Gasteiger partial charge in [0.2, 0.25) is 5.91 Å². The first-order chi connectivity index (χ1) is 14.6. The Hall–Kier alpha value is -2.67. The van der Waals surface area contributed by atoms with E-state index in [0.717, 1.165) is 48.5 Å². The second-order valence-electron chi connectivity index (χ2n) is 7.70. The van der Waals surface area contributed by atoms with Gasteiger partial charge >= 0.3 is 0 Å². The van der Waals surface area contributed by atoms with Gasteiger partial charge in [0.25, 0.3) is 5.56 Å². The van der Waals surface area contributed by atoms with E-state index < -0.39 is 0 Å². The van der Waals surface area contributed by atoms with Crippen molar-refractivity contribution in [3.63, 3.8) is 0 Å². The highest BCUT2D eigenvalue weighted by molar-refractivity contribution is 7.99. The number of H-pyrrole nitrogens is 1. The molecule has 1 aromatic carbocycles. The summed E-state index contributed by atoms with van der Waals surface area (Å²) in [6.45, 7) is 3.56. The highest BCUT2D eigenvalue weighted by Crippen LogP contribution is 2.26. The highest BCUT2D eigenvalue weighted by atomic mass is 32.2. The van der Waals surface area contributed by atoms with Gasteiger partial charge in [-0.2, -0.15) is 11.8 Å². The van der Waals surface area contributed by atoms with E-state index in [-0.39, 0.29) is 11.5 Å². The lowest BCUT2D eigenvalue weighted by Crippen LogP contribution is -2.39. The molecule has 0 bridgehead atoms. The molecule has 1 aliphatic heterocycles. The lowest BCUT2D eigenvalue weighted by atomic mass is 10.1. The molecule has 0 aliphatic carbocycles. The molecule has 1 aliphatic rings. The summed E-state index contributed by atoms with van der Waals surface area (Å²) in [7, 11) is 0. The number of carbonyl (C=O) groups excluding carboxylic acids is 1. The minimum atomic E-state index is -0.0763. The molecule has 30 heavy (non-hydrogen) atoms. The smallest absolute Gasteiger partial charge is 0.258 e. The summed E-state index contributed by atoms with van der Waals surface area (Å²) in [5, 5.41) is 1.11. The van der Waals surface area contributed by atoms with Gasteiger partial charge in [0, 0.05) is 36.7 Å². The number of aromatic amines is 1. The number of carbonyl (C=O) groups is 1. The molecule has 0 saturated carbocycles. The van der Waals surface area contributed by atoms with Crippen LogP contribution >= 0.6 is 11.8 Å². The summed E-state index contributed by atoms with van der Waals surface area (Å²) in [4.78, 5) is 38.7. The molecule has 0 atom stereocenters. The number of nitrogens with one attached hydrogen (secondary N) is 1. The number of pyridine rings is 1. The lowest BCUT2D eigenvalue weighted by molar-refractivity contribution is -0.131. The standard InChI is InChI=1S/C23H26N4O2S/c1-16-5-4-7-19-22(16)25-20(26-23(19)29)15-30-18-10-13-27(14-11-18)21(28)9-8-17-6-2-3-12-24-17/h2-7,12,18H,8-11,13-15H2,1H3,(H,25,26,29). The first kappa shape index (κ1) is 20.6. The van der Waals surface area contributed by atoms with E-state index in [9.17, 15) is 9.59 Å². The van der Waals surface area contributed by atoms with Gasteiger partial charge in [-0.1, -0.05) is 18.2 Å². The molecular formula is C23H26N4O2S. The molecule has 6 nitrogen and oxygen atoms in total. The monoisotopic (exact) mass is 422 g/mol. The van der Waals surface area contributed by atoms with Gasteiger partial charge < -0.3 is 9.88 Å². The number of nitrogens with zero attached hydrogens (tertiary/aromatic N) is 3. The third kappa shape index (κ3) is 4.90. The van der Waals surface area contributed by atoms with Crippen LogP contribution in [0.4, 0.5) is 0 Å². The van der Waals surface area contributed by atoms with Crippen molar-refractivity contribution in [3.8, 4) is 0 Å². The van der Waals surface area contributed by atoms with E-state index >= 15 is 0 Å². The van der Waals surface area contributed by atoms with E-state index in [4.69, 9.17) is 0 Å². The number of para-hydroxylation sites is 1. The Balaban J connectivity index is 1.27. The fraction of sp³-hybridized carbons (Fsp3) is 0.391. The number of rotatable bonds is 6. The van der Waals surface area contributed by atoms with Crippen molar-refractivity contribution in [3.05, 3.63) is 70.0 Å². The number of thioether (sulfide) groups is 1. The number of aromatic nitrogens is 3. The van der Waals surface area contributed by atoms with Crippen molar-refractivity contribution < 1.29 is 4.79 Å². The number of hydrogen-bond donors (Lipinski definition) is 1. The molecule has 0 radical (unpaired) electrons. The minimum absolute atomic E-state index is 0.0763. The van der Waals surface area contributed by atoms with Crippen LogP contribution in [0.1, 0.15) is 36.3 Å². The van der Waals surface area contributed by atoms with Gasteiger partial charge in [-0.05, 0) is 49.9 Å². The predicted molar refractivity (Wildman–Crippen MR) is 121 cm³/mol. The Morgan fingerprint density at radius 1 is 1.20 bits per heavy atom. The maximum absolute atomic E-state index is 12.5. The van der Waals surface area contributed by atoms with Crippen LogP contribution in [0, 0.1) is 6.92 Å². The van der Waals surface area contributed by atoms with Gasteiger partial charge in [-0.3, -0.25) is 14.6 Å². The van der Waals surface area contributed by atoms with Crippen LogP contribution in [0.15, 0.2) is 47.4 Å². The van der Waals surface area contributed by atoms with E-state index in [1.54, 1.807) is 6.20 Å². The van der Waals surface area contributed by atoms with E-state index in [1.165, 1.54) is 0 Å². The minimum Gasteiger partial charge on any atom is -0.343 e. The topological polar surface area (TPSA) is 79.0 Å². The summed E-state index contributed by atoms with van der Waals surface area (Å²) in [6.07, 6.45) is 4.90. The zero-order chi connectivity index (χ0) is 20.9. The third-order valence-corrected chi connectivity index (χ3v) is 6.94. The summed E-state index contributed by atoms with van der Waals surface area (Å²) < 4.78 is 0. The normalized spacial score (nSPS) is 14.9. The second kappa shape index (κ2) is 9.43. The van der Waals surface area contributed by atoms with Crippen molar-refractivity contribution in [2.24, 2.45) is 0 Å². The van der Waals surface area contributed by atoms with Crippen LogP contribution in [-0.2, 0) is 17.0 Å². The first-order valence-corrected chi connectivity index (χ1v) is 11.4. The Labute approximate surface area is 180 Å². The number of aryl methyl sites for hydroxylation is 2. The average molecular weight is 423 g/mol. The molecule has 0 spiro atoms. The summed E-state index contributed by atoms with van der Waals surface area (Å²) in [5.74, 6) is 1.61. The van der Waals surface area contributed by atoms with Crippen molar-refractivity contribution in [2.45, 2.75) is 43.6 Å². The summed E-state index contributed by atoms with van der Waals surface area (Å²) in [6, 6.07) is 11.5. The van der Waals surface area contributed by atoms with E-state index in [1.807, 2.05) is 60.0 Å². The maximum Gasteiger partial charge on any atom is 0.258 e. The molecule has 1 amide bonds. The number of fused-ring (bicyclic) bond motifs is 1. The quantitative estimate of drug-likeness (QED) is 0.658. The maximum atomic E-state index is 12.5. The fourth-order valence-corrected chi connectivity index (χ4v) is 4.90. The molecule has 3 heterocycles. The van der Waals surface area contributed by atoms with Crippen molar-refractivity contribution in [1.29, 1.82) is 0 Å². The molecule has 3 aromatic rings. The van der Waals surface area contributed by atoms with Crippen LogP contribution < -0.4 is 5.56 Å². The van der Waals surface area contributed by atoms with E-state index in [0.29, 0.717) is 29.2 Å². The second-order valence-corrected chi connectivity index (χ2v) is 8.98. The number of amides is 1. The molecule has 7 heteroatoms. The van der Waals surface area contributed by atoms with Crippen LogP contribution in [0.2, 0.25) is 0 Å². The Morgan fingerprint density at radius 3 is 2.80 bits per heavy atom. The molecule has 4 rings (SSSR count). The molecular weight excluding hydrogens is 396 g/mol. The van der Waals surface area contributed by atoms with Gasteiger partial charge in [0.05, 0.1) is 16.7 Å². The molecule has 2 aromatic heterocycles. The SMILES string of the molecule is Cc1cccc2c(=O)[nH]c(CSC3CCN(C(=O)CCc4ccccn4)CC3)nc12. The molecule has 156 valence electrons. The van der Waals surface area contributed by atoms with Gasteiger partial charge in [-0.25, -0.2) is 4.98 Å². The van der Waals surface area contributed by atoms with Crippen molar-refractivity contribution >= 4 is 28.6 Å². The predicted octanol–water partition coefficient (Wildman–Crippen LogP) is 3.48. The van der Waals surface area contributed by atoms with Gasteiger partial charge in [0.15, 0.2) is 0 Å². The zero-order valence-electron chi connectivity index (χ0n) is 17.1. The number of benzene rings is 1. The number of piperidine rings is 1. The average Bonchev–Trinajstić information content (AvgIpc) is 2.78. The van der Waals surface area contributed by atoms with Crippen LogP contribution in [0.25, 0.3) is 10.9 Å². The molecule has 0 unspecified atom stereocenters. The van der Waals surface area contributed by atoms with Gasteiger partial charge in [0.1, 0.15) is 5.82 Å². The van der Waals surface area contributed by atoms with E-state index in [2.05, 4.69) is 15.0 Å². The number of likely N-dealkylation sites (tertiary alicyclic amines) is 1. The summed E-state index contributed by atoms with van der Waals surface area (Å²) >= 11 is 1.82. The third-order valence-electron chi connectivity index (χ3n) is 5.56. The Bertz CT molecular complexity index is 1080. The Morgan fingerprint density at radius 2 is 2.03 bits per heavy atom. The molecule has 1 N–H and O–H groups in total. The van der Waals surface area contributed by atoms with Crippen LogP contribution in [-0.4, -0.2) is 44.1 Å². The molecule has 1 fully saturated rings.